The third-order valence-corrected chi connectivity index (χ3v) is 4.57. The molecule has 0 spiro atoms. The van der Waals surface area contributed by atoms with Crippen LogP contribution in [0.1, 0.15) is 28.7 Å². The number of carbonyl (C=O) groups is 1. The van der Waals surface area contributed by atoms with E-state index >= 15 is 0 Å². The smallest absolute Gasteiger partial charge is 0.306 e. The van der Waals surface area contributed by atoms with Crippen molar-refractivity contribution in [3.8, 4) is 11.5 Å². The van der Waals surface area contributed by atoms with Crippen LogP contribution >= 0.6 is 11.3 Å². The van der Waals surface area contributed by atoms with E-state index in [1.807, 2.05) is 0 Å². The number of ether oxygens (including phenoxy) is 3. The molecule has 2 rings (SSSR count). The summed E-state index contributed by atoms with van der Waals surface area (Å²) >= 11 is 1.38. The minimum atomic E-state index is -0.415. The Morgan fingerprint density at radius 1 is 1.32 bits per heavy atom. The number of aryl methyl sites for hydroxylation is 1. The van der Waals surface area contributed by atoms with Crippen molar-refractivity contribution in [2.24, 2.45) is 0 Å². The van der Waals surface area contributed by atoms with E-state index in [0.717, 1.165) is 9.75 Å². The van der Waals surface area contributed by atoms with E-state index in [4.69, 9.17) is 14.2 Å². The van der Waals surface area contributed by atoms with Gasteiger partial charge < -0.3 is 19.3 Å². The molecular formula is C18H21FO5S. The topological polar surface area (TPSA) is 65.0 Å². The number of rotatable bonds is 9. The van der Waals surface area contributed by atoms with Crippen molar-refractivity contribution in [2.75, 3.05) is 13.7 Å². The molecule has 1 aromatic heterocycles. The molecule has 0 bridgehead atoms. The Balaban J connectivity index is 1.94. The summed E-state index contributed by atoms with van der Waals surface area (Å²) in [6.45, 7) is 2.21. The van der Waals surface area contributed by atoms with Gasteiger partial charge in [0, 0.05) is 17.4 Å². The van der Waals surface area contributed by atoms with Gasteiger partial charge in [0.05, 0.1) is 25.2 Å². The summed E-state index contributed by atoms with van der Waals surface area (Å²) in [7, 11) is 1.54. The number of thiophene rings is 1. The summed E-state index contributed by atoms with van der Waals surface area (Å²) in [4.78, 5) is 12.9. The fraction of sp³-hybridized carbons (Fsp3) is 0.389. The molecule has 7 heteroatoms. The van der Waals surface area contributed by atoms with Crippen molar-refractivity contribution in [3.63, 3.8) is 0 Å². The number of methoxy groups -OCH3 is 1. The highest BCUT2D eigenvalue weighted by molar-refractivity contribution is 7.12. The van der Waals surface area contributed by atoms with Gasteiger partial charge in [0.15, 0.2) is 0 Å². The van der Waals surface area contributed by atoms with Gasteiger partial charge in [-0.05, 0) is 31.0 Å². The van der Waals surface area contributed by atoms with Gasteiger partial charge in [-0.1, -0.05) is 6.07 Å². The van der Waals surface area contributed by atoms with Crippen LogP contribution in [-0.4, -0.2) is 24.8 Å². The molecule has 0 atom stereocenters. The number of benzene rings is 1. The summed E-state index contributed by atoms with van der Waals surface area (Å²) in [5.41, 5.74) is 0.445. The Morgan fingerprint density at radius 3 is 2.72 bits per heavy atom. The van der Waals surface area contributed by atoms with E-state index < -0.39 is 5.82 Å². The fourth-order valence-electron chi connectivity index (χ4n) is 2.26. The fourth-order valence-corrected chi connectivity index (χ4v) is 3.17. The number of aliphatic hydroxyl groups excluding tert-OH is 1. The number of aliphatic hydroxyl groups is 1. The minimum absolute atomic E-state index is 0.0996. The summed E-state index contributed by atoms with van der Waals surface area (Å²) in [5, 5.41) is 9.25. The van der Waals surface area contributed by atoms with Crippen LogP contribution in [0, 0.1) is 5.82 Å². The van der Waals surface area contributed by atoms with Crippen LogP contribution < -0.4 is 9.47 Å². The third kappa shape index (κ3) is 5.44. The molecule has 0 amide bonds. The van der Waals surface area contributed by atoms with Crippen LogP contribution in [0.2, 0.25) is 0 Å². The average molecular weight is 368 g/mol. The van der Waals surface area contributed by atoms with Gasteiger partial charge in [0.1, 0.15) is 23.9 Å². The summed E-state index contributed by atoms with van der Waals surface area (Å²) < 4.78 is 29.7. The van der Waals surface area contributed by atoms with Gasteiger partial charge in [-0.3, -0.25) is 4.79 Å². The number of hydrogen-bond donors (Lipinski definition) is 1. The van der Waals surface area contributed by atoms with E-state index in [-0.39, 0.29) is 32.0 Å². The van der Waals surface area contributed by atoms with Crippen LogP contribution in [0.4, 0.5) is 4.39 Å². The monoisotopic (exact) mass is 368 g/mol. The molecule has 0 unspecified atom stereocenters. The largest absolute Gasteiger partial charge is 0.495 e. The molecule has 1 aromatic carbocycles. The zero-order valence-corrected chi connectivity index (χ0v) is 15.0. The Kier molecular flexibility index (Phi) is 7.21. The Morgan fingerprint density at radius 2 is 2.12 bits per heavy atom. The van der Waals surface area contributed by atoms with Crippen molar-refractivity contribution in [2.45, 2.75) is 33.0 Å². The van der Waals surface area contributed by atoms with Gasteiger partial charge >= 0.3 is 5.97 Å². The molecule has 0 aliphatic carbocycles. The molecule has 0 aliphatic heterocycles. The number of halogens is 1. The maximum Gasteiger partial charge on any atom is 0.306 e. The summed E-state index contributed by atoms with van der Waals surface area (Å²) in [5.74, 6) is 0.261. The first-order valence-electron chi connectivity index (χ1n) is 7.90. The molecule has 5 nitrogen and oxygen atoms in total. The van der Waals surface area contributed by atoms with E-state index in [2.05, 4.69) is 0 Å². The maximum atomic E-state index is 14.1. The second-order valence-corrected chi connectivity index (χ2v) is 6.43. The first-order chi connectivity index (χ1) is 12.1. The minimum Gasteiger partial charge on any atom is -0.495 e. The van der Waals surface area contributed by atoms with Gasteiger partial charge in [0.25, 0.3) is 0 Å². The zero-order valence-electron chi connectivity index (χ0n) is 14.2. The zero-order chi connectivity index (χ0) is 18.2. The Hall–Kier alpha value is -2.12. The first kappa shape index (κ1) is 19.2. The molecule has 0 saturated heterocycles. The lowest BCUT2D eigenvalue weighted by molar-refractivity contribution is -0.143. The Labute approximate surface area is 150 Å². The van der Waals surface area contributed by atoms with E-state index in [1.54, 1.807) is 25.1 Å². The summed E-state index contributed by atoms with van der Waals surface area (Å²) in [6.07, 6.45) is 0.427. The van der Waals surface area contributed by atoms with Crippen LogP contribution in [0.3, 0.4) is 0 Å². The lowest BCUT2D eigenvalue weighted by Gasteiger charge is -2.08. The lowest BCUT2D eigenvalue weighted by Crippen LogP contribution is -2.06. The SMILES string of the molecule is CCOC(=O)CCc1ccc(OCc2cc(OC)c(CO)s2)cc1F. The third-order valence-electron chi connectivity index (χ3n) is 3.49. The van der Waals surface area contributed by atoms with Crippen molar-refractivity contribution in [3.05, 3.63) is 45.4 Å². The average Bonchev–Trinajstić information content (AvgIpc) is 3.02. The van der Waals surface area contributed by atoms with Crippen molar-refractivity contribution < 1.29 is 28.5 Å². The number of esters is 1. The Bertz CT molecular complexity index is 692. The predicted molar refractivity (Wildman–Crippen MR) is 92.5 cm³/mol. The molecule has 136 valence electrons. The van der Waals surface area contributed by atoms with Crippen LogP contribution in [0.25, 0.3) is 0 Å². The van der Waals surface area contributed by atoms with Crippen molar-refractivity contribution >= 4 is 17.3 Å². The normalized spacial score (nSPS) is 10.6. The molecule has 2 aromatic rings. The van der Waals surface area contributed by atoms with E-state index in [1.165, 1.54) is 24.5 Å². The van der Waals surface area contributed by atoms with Gasteiger partial charge in [-0.25, -0.2) is 4.39 Å². The molecule has 1 N–H and O–H groups in total. The highest BCUT2D eigenvalue weighted by atomic mass is 32.1. The predicted octanol–water partition coefficient (Wildman–Crippen LogP) is 3.46. The number of carbonyl (C=O) groups excluding carboxylic acids is 1. The molecule has 25 heavy (non-hydrogen) atoms. The second-order valence-electron chi connectivity index (χ2n) is 5.21. The molecule has 0 aliphatic rings. The standard InChI is InChI=1S/C18H21FO5S/c1-3-23-18(21)7-5-12-4-6-13(8-15(12)19)24-11-14-9-16(22-2)17(10-20)25-14/h4,6,8-9,20H,3,5,7,10-11H2,1-2H3. The first-order valence-corrected chi connectivity index (χ1v) is 8.72. The highest BCUT2D eigenvalue weighted by Gasteiger charge is 2.11. The van der Waals surface area contributed by atoms with Gasteiger partial charge in [-0.2, -0.15) is 0 Å². The molecule has 0 radical (unpaired) electrons. The van der Waals surface area contributed by atoms with E-state index in [9.17, 15) is 14.3 Å². The number of hydrogen-bond acceptors (Lipinski definition) is 6. The molecular weight excluding hydrogens is 347 g/mol. The van der Waals surface area contributed by atoms with Gasteiger partial charge in [-0.15, -0.1) is 11.3 Å². The van der Waals surface area contributed by atoms with Crippen molar-refractivity contribution in [1.29, 1.82) is 0 Å². The van der Waals surface area contributed by atoms with Crippen molar-refractivity contribution in [1.82, 2.24) is 0 Å². The maximum absolute atomic E-state index is 14.1. The van der Waals surface area contributed by atoms with E-state index in [0.29, 0.717) is 23.7 Å². The molecule has 0 saturated carbocycles. The molecule has 0 fully saturated rings. The van der Waals surface area contributed by atoms with Crippen LogP contribution in [0.15, 0.2) is 24.3 Å². The van der Waals surface area contributed by atoms with Gasteiger partial charge in [0.2, 0.25) is 0 Å². The van der Waals surface area contributed by atoms with Crippen LogP contribution in [-0.2, 0) is 29.2 Å². The quantitative estimate of drug-likeness (QED) is 0.687. The summed E-state index contributed by atoms with van der Waals surface area (Å²) in [6, 6.07) is 6.37. The van der Waals surface area contributed by atoms with Crippen LogP contribution in [0.5, 0.6) is 11.5 Å². The second kappa shape index (κ2) is 9.39. The molecule has 1 heterocycles. The lowest BCUT2D eigenvalue weighted by atomic mass is 10.1. The highest BCUT2D eigenvalue weighted by Crippen LogP contribution is 2.30.